The third-order valence-electron chi connectivity index (χ3n) is 6.61. The lowest BCUT2D eigenvalue weighted by atomic mass is 9.91. The topological polar surface area (TPSA) is 75.3 Å². The second kappa shape index (κ2) is 10.9. The zero-order chi connectivity index (χ0) is 23.2. The van der Waals surface area contributed by atoms with E-state index in [1.54, 1.807) is 24.4 Å². The Kier molecular flexibility index (Phi) is 7.68. The fraction of sp³-hybridized carbons (Fsp3) is 0.444. The molecule has 0 aliphatic carbocycles. The summed E-state index contributed by atoms with van der Waals surface area (Å²) in [5.41, 5.74) is 5.03. The Morgan fingerprint density at radius 2 is 1.94 bits per heavy atom. The maximum atomic E-state index is 13.2. The van der Waals surface area contributed by atoms with Gasteiger partial charge in [-0.2, -0.15) is 5.10 Å². The van der Waals surface area contributed by atoms with Gasteiger partial charge in [-0.1, -0.05) is 18.2 Å². The molecule has 6 heteroatoms. The lowest BCUT2D eigenvalue weighted by Crippen LogP contribution is -2.21. The monoisotopic (exact) mass is 447 g/mol. The van der Waals surface area contributed by atoms with Crippen molar-refractivity contribution < 1.29 is 9.53 Å². The van der Waals surface area contributed by atoms with E-state index in [4.69, 9.17) is 4.74 Å². The lowest BCUT2D eigenvalue weighted by Gasteiger charge is -2.17. The normalized spacial score (nSPS) is 14.2. The molecule has 0 bridgehead atoms. The van der Waals surface area contributed by atoms with Crippen LogP contribution < -0.4 is 5.56 Å². The molecule has 6 nitrogen and oxygen atoms in total. The summed E-state index contributed by atoms with van der Waals surface area (Å²) in [6, 6.07) is 9.55. The maximum absolute atomic E-state index is 13.2. The minimum atomic E-state index is -0.246. The number of benzene rings is 2. The molecular formula is C27H33N3O3. The van der Waals surface area contributed by atoms with Gasteiger partial charge >= 0.3 is 0 Å². The van der Waals surface area contributed by atoms with Crippen LogP contribution in [-0.4, -0.2) is 47.1 Å². The molecule has 1 aromatic heterocycles. The minimum Gasteiger partial charge on any atom is -0.377 e. The highest BCUT2D eigenvalue weighted by atomic mass is 16.5. The highest BCUT2D eigenvalue weighted by molar-refractivity contribution is 6.00. The van der Waals surface area contributed by atoms with E-state index in [9.17, 15) is 9.59 Å². The van der Waals surface area contributed by atoms with Crippen molar-refractivity contribution in [3.63, 3.8) is 0 Å². The number of Topliss-reactive ketones (excluding diaryl/α,β-unsaturated/α-hetero) is 1. The Morgan fingerprint density at radius 3 is 2.73 bits per heavy atom. The molecule has 1 fully saturated rings. The highest BCUT2D eigenvalue weighted by Gasteiger charge is 2.15. The van der Waals surface area contributed by atoms with Crippen LogP contribution in [0, 0.1) is 6.92 Å². The third-order valence-corrected chi connectivity index (χ3v) is 6.61. The van der Waals surface area contributed by atoms with Gasteiger partial charge in [0.2, 0.25) is 0 Å². The number of hydrogen-bond donors (Lipinski definition) is 1. The predicted molar refractivity (Wildman–Crippen MR) is 131 cm³/mol. The Morgan fingerprint density at radius 1 is 1.15 bits per heavy atom. The molecule has 0 spiro atoms. The highest BCUT2D eigenvalue weighted by Crippen LogP contribution is 2.23. The number of ketones is 1. The quantitative estimate of drug-likeness (QED) is 0.471. The first-order valence-electron chi connectivity index (χ1n) is 12.0. The molecule has 0 unspecified atom stereocenters. The summed E-state index contributed by atoms with van der Waals surface area (Å²) in [6.07, 6.45) is 6.67. The zero-order valence-electron chi connectivity index (χ0n) is 19.7. The Bertz CT molecular complexity index is 1180. The van der Waals surface area contributed by atoms with E-state index in [1.165, 1.54) is 37.1 Å². The molecule has 0 saturated carbocycles. The van der Waals surface area contributed by atoms with Crippen LogP contribution in [0.5, 0.6) is 0 Å². The van der Waals surface area contributed by atoms with Gasteiger partial charge in [0.15, 0.2) is 5.78 Å². The van der Waals surface area contributed by atoms with E-state index in [2.05, 4.69) is 34.2 Å². The van der Waals surface area contributed by atoms with Gasteiger partial charge in [-0.15, -0.1) is 0 Å². The maximum Gasteiger partial charge on any atom is 0.272 e. The molecule has 4 rings (SSSR count). The average molecular weight is 448 g/mol. The molecule has 0 amide bonds. The SMILES string of the molecule is CCOCc1cc(CCCN2CCCC2)c(C)c(CC(=O)c2ccc3c(=O)[nH]ncc3c2)c1. The van der Waals surface area contributed by atoms with Crippen molar-refractivity contribution in [2.75, 3.05) is 26.2 Å². The standard InChI is InChI=1S/C27H33N3O3/c1-3-33-18-20-13-21(7-6-12-30-10-4-5-11-30)19(2)23(14-20)16-26(31)22-8-9-25-24(15-22)17-28-29-27(25)32/h8-9,13-15,17H,3-7,10-12,16,18H2,1-2H3,(H,29,32). The van der Waals surface area contributed by atoms with Crippen molar-refractivity contribution in [1.82, 2.24) is 15.1 Å². The molecule has 2 heterocycles. The van der Waals surface area contributed by atoms with Crippen molar-refractivity contribution in [1.29, 1.82) is 0 Å². The van der Waals surface area contributed by atoms with E-state index in [0.29, 0.717) is 36.0 Å². The molecule has 1 N–H and O–H groups in total. The van der Waals surface area contributed by atoms with Crippen LogP contribution in [-0.2, 0) is 24.2 Å². The lowest BCUT2D eigenvalue weighted by molar-refractivity contribution is 0.0992. The van der Waals surface area contributed by atoms with Crippen molar-refractivity contribution in [2.24, 2.45) is 0 Å². The number of aryl methyl sites for hydroxylation is 1. The van der Waals surface area contributed by atoms with Gasteiger partial charge in [0.25, 0.3) is 5.56 Å². The first-order chi connectivity index (χ1) is 16.0. The fourth-order valence-corrected chi connectivity index (χ4v) is 4.70. The molecule has 3 aromatic rings. The summed E-state index contributed by atoms with van der Waals surface area (Å²) in [7, 11) is 0. The third kappa shape index (κ3) is 5.75. The summed E-state index contributed by atoms with van der Waals surface area (Å²) in [6.45, 7) is 8.91. The average Bonchev–Trinajstić information content (AvgIpc) is 3.33. The number of ether oxygens (including phenoxy) is 1. The van der Waals surface area contributed by atoms with Crippen molar-refractivity contribution >= 4 is 16.6 Å². The van der Waals surface area contributed by atoms with Crippen LogP contribution in [0.1, 0.15) is 58.8 Å². The van der Waals surface area contributed by atoms with Crippen LogP contribution in [0.2, 0.25) is 0 Å². The van der Waals surface area contributed by atoms with Crippen LogP contribution in [0.25, 0.3) is 10.8 Å². The molecule has 2 aromatic carbocycles. The number of rotatable bonds is 10. The summed E-state index contributed by atoms with van der Waals surface area (Å²) in [4.78, 5) is 27.6. The van der Waals surface area contributed by atoms with Gasteiger partial charge in [0.1, 0.15) is 0 Å². The van der Waals surface area contributed by atoms with Gasteiger partial charge < -0.3 is 9.64 Å². The molecule has 174 valence electrons. The van der Waals surface area contributed by atoms with Crippen molar-refractivity contribution in [3.8, 4) is 0 Å². The number of nitrogens with one attached hydrogen (secondary N) is 1. The van der Waals surface area contributed by atoms with Gasteiger partial charge in [-0.3, -0.25) is 9.59 Å². The summed E-state index contributed by atoms with van der Waals surface area (Å²) in [5.74, 6) is 0.0388. The number of hydrogen-bond acceptors (Lipinski definition) is 5. The van der Waals surface area contributed by atoms with E-state index in [-0.39, 0.29) is 11.3 Å². The molecule has 0 radical (unpaired) electrons. The first-order valence-corrected chi connectivity index (χ1v) is 12.0. The van der Waals surface area contributed by atoms with Gasteiger partial charge in [0.05, 0.1) is 18.2 Å². The second-order valence-electron chi connectivity index (χ2n) is 8.93. The van der Waals surface area contributed by atoms with Gasteiger partial charge in [-0.25, -0.2) is 5.10 Å². The van der Waals surface area contributed by atoms with Crippen molar-refractivity contribution in [3.05, 3.63) is 74.7 Å². The smallest absolute Gasteiger partial charge is 0.272 e. The number of carbonyl (C=O) groups excluding carboxylic acids is 1. The van der Waals surface area contributed by atoms with Crippen LogP contribution in [0.3, 0.4) is 0 Å². The second-order valence-corrected chi connectivity index (χ2v) is 8.93. The Hall–Kier alpha value is -2.83. The van der Waals surface area contributed by atoms with E-state index in [0.717, 1.165) is 30.5 Å². The van der Waals surface area contributed by atoms with Crippen LogP contribution in [0.4, 0.5) is 0 Å². The molecule has 1 aliphatic heterocycles. The molecule has 33 heavy (non-hydrogen) atoms. The molecular weight excluding hydrogens is 414 g/mol. The minimum absolute atomic E-state index is 0.0388. The number of aromatic amines is 1. The Balaban J connectivity index is 1.54. The summed E-state index contributed by atoms with van der Waals surface area (Å²) in [5, 5.41) is 7.50. The number of carbonyl (C=O) groups is 1. The number of aromatic nitrogens is 2. The zero-order valence-corrected chi connectivity index (χ0v) is 19.7. The van der Waals surface area contributed by atoms with E-state index >= 15 is 0 Å². The Labute approximate surface area is 195 Å². The van der Waals surface area contributed by atoms with Crippen molar-refractivity contribution in [2.45, 2.75) is 52.6 Å². The number of nitrogens with zero attached hydrogens (tertiary/aromatic N) is 2. The number of fused-ring (bicyclic) bond motifs is 1. The van der Waals surface area contributed by atoms with E-state index in [1.807, 2.05) is 6.92 Å². The number of H-pyrrole nitrogens is 1. The largest absolute Gasteiger partial charge is 0.377 e. The number of likely N-dealkylation sites (tertiary alicyclic amines) is 1. The first kappa shape index (κ1) is 23.3. The van der Waals surface area contributed by atoms with Crippen LogP contribution >= 0.6 is 0 Å². The summed E-state index contributed by atoms with van der Waals surface area (Å²) >= 11 is 0. The molecule has 1 saturated heterocycles. The fourth-order valence-electron chi connectivity index (χ4n) is 4.70. The van der Waals surface area contributed by atoms with E-state index < -0.39 is 0 Å². The molecule has 1 aliphatic rings. The summed E-state index contributed by atoms with van der Waals surface area (Å²) < 4.78 is 5.67. The molecule has 0 atom stereocenters. The predicted octanol–water partition coefficient (Wildman–Crippen LogP) is 4.22. The van der Waals surface area contributed by atoms with Gasteiger partial charge in [0, 0.05) is 24.0 Å². The van der Waals surface area contributed by atoms with Crippen LogP contribution in [0.15, 0.2) is 41.3 Å². The van der Waals surface area contributed by atoms with Gasteiger partial charge in [-0.05, 0) is 93.6 Å².